The quantitative estimate of drug-likeness (QED) is 0.712. The number of benzene rings is 1. The van der Waals surface area contributed by atoms with Gasteiger partial charge in [-0.3, -0.25) is 9.69 Å². The predicted octanol–water partition coefficient (Wildman–Crippen LogP) is 2.62. The van der Waals surface area contributed by atoms with E-state index in [2.05, 4.69) is 5.32 Å². The number of hydrogen-bond donors (Lipinski definition) is 1. The van der Waals surface area contributed by atoms with Gasteiger partial charge in [0.2, 0.25) is 5.91 Å². The van der Waals surface area contributed by atoms with E-state index in [1.165, 1.54) is 18.4 Å². The van der Waals surface area contributed by atoms with Gasteiger partial charge >= 0.3 is 5.97 Å². The van der Waals surface area contributed by atoms with Crippen molar-refractivity contribution in [2.45, 2.75) is 6.54 Å². The van der Waals surface area contributed by atoms with E-state index in [4.69, 9.17) is 14.2 Å². The Labute approximate surface area is 156 Å². The lowest BCUT2D eigenvalue weighted by Crippen LogP contribution is -2.30. The Morgan fingerprint density at radius 2 is 1.92 bits per heavy atom. The number of methoxy groups -OCH3 is 3. The normalized spacial score (nSPS) is 10.5. The molecule has 2 rings (SSSR count). The van der Waals surface area contributed by atoms with Gasteiger partial charge in [-0.15, -0.1) is 11.3 Å². The summed E-state index contributed by atoms with van der Waals surface area (Å²) in [4.78, 5) is 26.2. The minimum absolute atomic E-state index is 0.158. The van der Waals surface area contributed by atoms with Crippen LogP contribution < -0.4 is 14.8 Å². The Bertz CT molecular complexity index is 775. The SMILES string of the molecule is COC(=O)c1sccc1NC(=O)CN(C)Cc1ccc(OC)cc1OC. The van der Waals surface area contributed by atoms with Crippen molar-refractivity contribution in [1.82, 2.24) is 4.90 Å². The minimum Gasteiger partial charge on any atom is -0.497 e. The van der Waals surface area contributed by atoms with Crippen molar-refractivity contribution in [2.24, 2.45) is 0 Å². The molecule has 1 aromatic heterocycles. The fourth-order valence-electron chi connectivity index (χ4n) is 2.42. The summed E-state index contributed by atoms with van der Waals surface area (Å²) in [5, 5.41) is 4.48. The Morgan fingerprint density at radius 1 is 1.15 bits per heavy atom. The molecule has 1 N–H and O–H groups in total. The highest BCUT2D eigenvalue weighted by atomic mass is 32.1. The number of carbonyl (C=O) groups excluding carboxylic acids is 2. The highest BCUT2D eigenvalue weighted by Gasteiger charge is 2.17. The number of ether oxygens (including phenoxy) is 3. The average molecular weight is 378 g/mol. The number of carbonyl (C=O) groups is 2. The van der Waals surface area contributed by atoms with Gasteiger partial charge in [-0.05, 0) is 24.6 Å². The molecule has 8 heteroatoms. The van der Waals surface area contributed by atoms with Crippen LogP contribution >= 0.6 is 11.3 Å². The number of amides is 1. The molecule has 0 saturated heterocycles. The third-order valence-electron chi connectivity index (χ3n) is 3.66. The molecular formula is C18H22N2O5S. The third kappa shape index (κ3) is 4.96. The fourth-order valence-corrected chi connectivity index (χ4v) is 3.19. The lowest BCUT2D eigenvalue weighted by atomic mass is 10.2. The van der Waals surface area contributed by atoms with Crippen molar-refractivity contribution >= 4 is 28.9 Å². The second-order valence-electron chi connectivity index (χ2n) is 5.55. The number of nitrogens with zero attached hydrogens (tertiary/aromatic N) is 1. The minimum atomic E-state index is -0.466. The van der Waals surface area contributed by atoms with E-state index in [1.807, 2.05) is 24.1 Å². The summed E-state index contributed by atoms with van der Waals surface area (Å²) in [5.74, 6) is 0.719. The van der Waals surface area contributed by atoms with Gasteiger partial charge in [0.05, 0.1) is 33.6 Å². The van der Waals surface area contributed by atoms with E-state index in [0.717, 1.165) is 5.56 Å². The summed E-state index contributed by atoms with van der Waals surface area (Å²) in [6, 6.07) is 7.23. The first-order chi connectivity index (χ1) is 12.5. The second-order valence-corrected chi connectivity index (χ2v) is 6.47. The van der Waals surface area contributed by atoms with Gasteiger partial charge < -0.3 is 19.5 Å². The number of hydrogen-bond acceptors (Lipinski definition) is 7. The highest BCUT2D eigenvalue weighted by molar-refractivity contribution is 7.12. The van der Waals surface area contributed by atoms with Crippen LogP contribution in [0.2, 0.25) is 0 Å². The summed E-state index contributed by atoms with van der Waals surface area (Å²) in [6.07, 6.45) is 0. The van der Waals surface area contributed by atoms with Crippen LogP contribution in [0.4, 0.5) is 5.69 Å². The van der Waals surface area contributed by atoms with Crippen LogP contribution in [0, 0.1) is 0 Å². The highest BCUT2D eigenvalue weighted by Crippen LogP contribution is 2.26. The molecule has 0 aliphatic carbocycles. The zero-order valence-corrected chi connectivity index (χ0v) is 16.0. The van der Waals surface area contributed by atoms with E-state index >= 15 is 0 Å². The van der Waals surface area contributed by atoms with Gasteiger partial charge in [0, 0.05) is 18.2 Å². The third-order valence-corrected chi connectivity index (χ3v) is 4.55. The van der Waals surface area contributed by atoms with Crippen molar-refractivity contribution in [1.29, 1.82) is 0 Å². The first kappa shape index (κ1) is 19.7. The van der Waals surface area contributed by atoms with E-state index in [0.29, 0.717) is 28.6 Å². The van der Waals surface area contributed by atoms with Crippen molar-refractivity contribution in [3.8, 4) is 11.5 Å². The number of anilines is 1. The molecule has 0 aliphatic heterocycles. The topological polar surface area (TPSA) is 77.1 Å². The predicted molar refractivity (Wildman–Crippen MR) is 100 cm³/mol. The van der Waals surface area contributed by atoms with Crippen LogP contribution in [0.3, 0.4) is 0 Å². The molecular weight excluding hydrogens is 356 g/mol. The molecule has 1 aromatic carbocycles. The second kappa shape index (κ2) is 9.21. The molecule has 0 atom stereocenters. The van der Waals surface area contributed by atoms with Gasteiger partial charge in [-0.2, -0.15) is 0 Å². The number of likely N-dealkylation sites (N-methyl/N-ethyl adjacent to an activating group) is 1. The molecule has 0 radical (unpaired) electrons. The molecule has 0 bridgehead atoms. The maximum atomic E-state index is 12.3. The zero-order chi connectivity index (χ0) is 19.1. The summed E-state index contributed by atoms with van der Waals surface area (Å²) in [7, 11) is 6.33. The smallest absolute Gasteiger partial charge is 0.350 e. The van der Waals surface area contributed by atoms with Gasteiger partial charge in [-0.1, -0.05) is 6.07 Å². The van der Waals surface area contributed by atoms with Crippen LogP contribution in [0.15, 0.2) is 29.6 Å². The van der Waals surface area contributed by atoms with E-state index < -0.39 is 5.97 Å². The van der Waals surface area contributed by atoms with E-state index in [1.54, 1.807) is 31.7 Å². The van der Waals surface area contributed by atoms with Gasteiger partial charge in [-0.25, -0.2) is 4.79 Å². The number of rotatable bonds is 8. The number of thiophene rings is 1. The summed E-state index contributed by atoms with van der Waals surface area (Å²) in [6.45, 7) is 0.680. The maximum absolute atomic E-state index is 12.3. The summed E-state index contributed by atoms with van der Waals surface area (Å²) >= 11 is 1.22. The first-order valence-corrected chi connectivity index (χ1v) is 8.71. The molecule has 140 valence electrons. The van der Waals surface area contributed by atoms with Crippen molar-refractivity contribution < 1.29 is 23.8 Å². The largest absolute Gasteiger partial charge is 0.497 e. The van der Waals surface area contributed by atoms with Crippen molar-refractivity contribution in [3.63, 3.8) is 0 Å². The lowest BCUT2D eigenvalue weighted by molar-refractivity contribution is -0.117. The fraction of sp³-hybridized carbons (Fsp3) is 0.333. The first-order valence-electron chi connectivity index (χ1n) is 7.83. The van der Waals surface area contributed by atoms with Crippen LogP contribution in [0.5, 0.6) is 11.5 Å². The monoisotopic (exact) mass is 378 g/mol. The Kier molecular flexibility index (Phi) is 6.99. The lowest BCUT2D eigenvalue weighted by Gasteiger charge is -2.18. The molecule has 0 spiro atoms. The van der Waals surface area contributed by atoms with Crippen LogP contribution in [0.25, 0.3) is 0 Å². The molecule has 1 amide bonds. The molecule has 0 fully saturated rings. The Balaban J connectivity index is 1.98. The van der Waals surface area contributed by atoms with Gasteiger partial charge in [0.1, 0.15) is 16.4 Å². The Morgan fingerprint density at radius 3 is 2.58 bits per heavy atom. The molecule has 1 heterocycles. The molecule has 2 aromatic rings. The van der Waals surface area contributed by atoms with Gasteiger partial charge in [0.25, 0.3) is 0 Å². The van der Waals surface area contributed by atoms with Gasteiger partial charge in [0.15, 0.2) is 0 Å². The molecule has 0 unspecified atom stereocenters. The van der Waals surface area contributed by atoms with Crippen molar-refractivity contribution in [3.05, 3.63) is 40.1 Å². The number of esters is 1. The van der Waals surface area contributed by atoms with Crippen molar-refractivity contribution in [2.75, 3.05) is 40.2 Å². The summed E-state index contributed by atoms with van der Waals surface area (Å²) < 4.78 is 15.3. The maximum Gasteiger partial charge on any atom is 0.350 e. The Hall–Kier alpha value is -2.58. The van der Waals surface area contributed by atoms with E-state index in [9.17, 15) is 9.59 Å². The average Bonchev–Trinajstić information content (AvgIpc) is 3.09. The van der Waals surface area contributed by atoms with Crippen LogP contribution in [-0.4, -0.2) is 51.7 Å². The summed E-state index contributed by atoms with van der Waals surface area (Å²) in [5.41, 5.74) is 1.40. The molecule has 7 nitrogen and oxygen atoms in total. The molecule has 26 heavy (non-hydrogen) atoms. The van der Waals surface area contributed by atoms with Crippen LogP contribution in [-0.2, 0) is 16.1 Å². The number of nitrogens with one attached hydrogen (secondary N) is 1. The zero-order valence-electron chi connectivity index (χ0n) is 15.2. The van der Waals surface area contributed by atoms with E-state index in [-0.39, 0.29) is 12.5 Å². The standard InChI is InChI=1S/C18H22N2O5S/c1-20(10-12-5-6-13(23-2)9-15(12)24-3)11-16(21)19-14-7-8-26-17(14)18(22)25-4/h5-9H,10-11H2,1-4H3,(H,19,21). The molecule has 0 aliphatic rings. The van der Waals surface area contributed by atoms with Crippen LogP contribution in [0.1, 0.15) is 15.2 Å². The molecule has 0 saturated carbocycles.